The van der Waals surface area contributed by atoms with Gasteiger partial charge in [-0.2, -0.15) is 5.10 Å². The van der Waals surface area contributed by atoms with Gasteiger partial charge in [-0.15, -0.1) is 11.3 Å². The fourth-order valence-electron chi connectivity index (χ4n) is 4.01. The highest BCUT2D eigenvalue weighted by atomic mass is 35.5. The molecule has 0 bridgehead atoms. The Kier molecular flexibility index (Phi) is 3.97. The summed E-state index contributed by atoms with van der Waals surface area (Å²) in [5, 5.41) is 5.32. The number of halogens is 2. The van der Waals surface area contributed by atoms with Gasteiger partial charge in [0.25, 0.3) is 5.91 Å². The first kappa shape index (κ1) is 18.0. The Labute approximate surface area is 179 Å². The van der Waals surface area contributed by atoms with Gasteiger partial charge in [-0.05, 0) is 25.0 Å². The molecule has 1 N–H and O–H groups in total. The Morgan fingerprint density at radius 2 is 2.20 bits per heavy atom. The number of aromatic amines is 1. The molecular formula is C20H16ClFN6OS. The number of aromatic nitrogens is 5. The van der Waals surface area contributed by atoms with E-state index in [1.165, 1.54) is 23.6 Å². The van der Waals surface area contributed by atoms with Crippen LogP contribution in [-0.2, 0) is 6.42 Å². The van der Waals surface area contributed by atoms with E-state index in [1.807, 2.05) is 6.07 Å². The van der Waals surface area contributed by atoms with Gasteiger partial charge in [-0.1, -0.05) is 17.7 Å². The molecule has 4 aromatic rings. The lowest BCUT2D eigenvalue weighted by Gasteiger charge is -2.33. The second-order valence-electron chi connectivity index (χ2n) is 7.58. The van der Waals surface area contributed by atoms with Crippen LogP contribution < -0.4 is 0 Å². The van der Waals surface area contributed by atoms with Crippen LogP contribution in [0.4, 0.5) is 4.39 Å². The van der Waals surface area contributed by atoms with Crippen molar-refractivity contribution in [1.82, 2.24) is 29.6 Å². The smallest absolute Gasteiger partial charge is 0.259 e. The van der Waals surface area contributed by atoms with E-state index in [9.17, 15) is 9.18 Å². The number of carbonyl (C=O) groups is 1. The molecule has 152 valence electrons. The van der Waals surface area contributed by atoms with Crippen LogP contribution in [0, 0.1) is 5.82 Å². The van der Waals surface area contributed by atoms with E-state index < -0.39 is 6.04 Å². The average Bonchev–Trinajstić information content (AvgIpc) is 3.14. The van der Waals surface area contributed by atoms with Crippen LogP contribution in [-0.4, -0.2) is 42.1 Å². The van der Waals surface area contributed by atoms with Crippen molar-refractivity contribution in [3.8, 4) is 0 Å². The zero-order valence-electron chi connectivity index (χ0n) is 15.7. The van der Waals surface area contributed by atoms with E-state index in [0.29, 0.717) is 34.2 Å². The normalized spacial score (nSPS) is 18.7. The Balaban J connectivity index is 1.45. The number of imidazole rings is 1. The number of benzene rings is 1. The molecule has 0 radical (unpaired) electrons. The third kappa shape index (κ3) is 2.69. The van der Waals surface area contributed by atoms with Crippen LogP contribution >= 0.6 is 22.9 Å². The SMILES string of the molecule is O=C(c1cnn(C2CC2)c1Cl)N1CCc2[nH]cnc2C1c1nc2c(F)cccc2s1. The van der Waals surface area contributed by atoms with E-state index in [4.69, 9.17) is 11.6 Å². The zero-order chi connectivity index (χ0) is 20.4. The second kappa shape index (κ2) is 6.61. The minimum atomic E-state index is -0.510. The molecule has 1 aliphatic heterocycles. The Bertz CT molecular complexity index is 1290. The minimum absolute atomic E-state index is 0.217. The molecule has 1 fully saturated rings. The van der Waals surface area contributed by atoms with Crippen molar-refractivity contribution in [3.63, 3.8) is 0 Å². The second-order valence-corrected chi connectivity index (χ2v) is 9.00. The summed E-state index contributed by atoms with van der Waals surface area (Å²) in [7, 11) is 0. The average molecular weight is 443 g/mol. The van der Waals surface area contributed by atoms with Crippen LogP contribution in [0.25, 0.3) is 10.2 Å². The summed E-state index contributed by atoms with van der Waals surface area (Å²) in [6, 6.07) is 4.65. The minimum Gasteiger partial charge on any atom is -0.348 e. The van der Waals surface area contributed by atoms with Crippen molar-refractivity contribution < 1.29 is 9.18 Å². The molecule has 3 aromatic heterocycles. The Morgan fingerprint density at radius 1 is 1.33 bits per heavy atom. The molecule has 4 heterocycles. The van der Waals surface area contributed by atoms with Crippen LogP contribution in [0.5, 0.6) is 0 Å². The largest absolute Gasteiger partial charge is 0.348 e. The van der Waals surface area contributed by atoms with Gasteiger partial charge in [-0.3, -0.25) is 9.48 Å². The van der Waals surface area contributed by atoms with Crippen LogP contribution in [0.2, 0.25) is 5.15 Å². The molecule has 1 aliphatic carbocycles. The molecular weight excluding hydrogens is 427 g/mol. The van der Waals surface area contributed by atoms with Gasteiger partial charge >= 0.3 is 0 Å². The summed E-state index contributed by atoms with van der Waals surface area (Å²) in [5.74, 6) is -0.593. The van der Waals surface area contributed by atoms with E-state index in [0.717, 1.165) is 28.9 Å². The molecule has 2 aliphatic rings. The number of amides is 1. The van der Waals surface area contributed by atoms with Crippen LogP contribution in [0.15, 0.2) is 30.7 Å². The van der Waals surface area contributed by atoms with Crippen molar-refractivity contribution in [2.75, 3.05) is 6.54 Å². The highest BCUT2D eigenvalue weighted by Crippen LogP contribution is 2.41. The number of thiazole rings is 1. The number of fused-ring (bicyclic) bond motifs is 2. The number of carbonyl (C=O) groups excluding carboxylic acids is 1. The molecule has 1 unspecified atom stereocenters. The molecule has 1 amide bonds. The molecule has 7 nitrogen and oxygen atoms in total. The summed E-state index contributed by atoms with van der Waals surface area (Å²) >= 11 is 7.87. The maximum Gasteiger partial charge on any atom is 0.259 e. The number of nitrogens with zero attached hydrogens (tertiary/aromatic N) is 5. The summed E-state index contributed by atoms with van der Waals surface area (Å²) < 4.78 is 16.7. The van der Waals surface area contributed by atoms with E-state index in [-0.39, 0.29) is 17.8 Å². The maximum absolute atomic E-state index is 14.3. The molecule has 10 heteroatoms. The van der Waals surface area contributed by atoms with Crippen molar-refractivity contribution in [1.29, 1.82) is 0 Å². The monoisotopic (exact) mass is 442 g/mol. The number of hydrogen-bond donors (Lipinski definition) is 1. The van der Waals surface area contributed by atoms with Crippen molar-refractivity contribution in [2.24, 2.45) is 0 Å². The lowest BCUT2D eigenvalue weighted by atomic mass is 10.0. The van der Waals surface area contributed by atoms with Gasteiger partial charge in [0.05, 0.1) is 34.5 Å². The molecule has 6 rings (SSSR count). The lowest BCUT2D eigenvalue weighted by molar-refractivity contribution is 0.0690. The van der Waals surface area contributed by atoms with E-state index in [2.05, 4.69) is 20.1 Å². The maximum atomic E-state index is 14.3. The number of H-pyrrole nitrogens is 1. The first-order chi connectivity index (χ1) is 14.6. The number of nitrogens with one attached hydrogen (secondary N) is 1. The molecule has 30 heavy (non-hydrogen) atoms. The van der Waals surface area contributed by atoms with Gasteiger partial charge in [-0.25, -0.2) is 14.4 Å². The summed E-state index contributed by atoms with van der Waals surface area (Å²) in [5.41, 5.74) is 2.38. The van der Waals surface area contributed by atoms with Gasteiger partial charge in [0.2, 0.25) is 0 Å². The lowest BCUT2D eigenvalue weighted by Crippen LogP contribution is -2.40. The van der Waals surface area contributed by atoms with Crippen molar-refractivity contribution in [3.05, 3.63) is 63.7 Å². The Morgan fingerprint density at radius 3 is 3.00 bits per heavy atom. The number of para-hydroxylation sites is 1. The molecule has 1 atom stereocenters. The Hall–Kier alpha value is -2.78. The molecule has 1 aromatic carbocycles. The van der Waals surface area contributed by atoms with Gasteiger partial charge in [0.1, 0.15) is 27.5 Å². The number of rotatable bonds is 3. The highest BCUT2D eigenvalue weighted by Gasteiger charge is 2.38. The predicted molar refractivity (Wildman–Crippen MR) is 110 cm³/mol. The predicted octanol–water partition coefficient (Wildman–Crippen LogP) is 4.13. The fraction of sp³-hybridized carbons (Fsp3) is 0.300. The third-order valence-corrected chi connectivity index (χ3v) is 7.11. The van der Waals surface area contributed by atoms with Crippen LogP contribution in [0.3, 0.4) is 0 Å². The summed E-state index contributed by atoms with van der Waals surface area (Å²) in [6.07, 6.45) is 5.85. The highest BCUT2D eigenvalue weighted by molar-refractivity contribution is 7.18. The van der Waals surface area contributed by atoms with Crippen molar-refractivity contribution >= 4 is 39.1 Å². The summed E-state index contributed by atoms with van der Waals surface area (Å²) in [6.45, 7) is 0.474. The number of hydrogen-bond acceptors (Lipinski definition) is 5. The standard InChI is InChI=1S/C20H16ClFN6OS/c21-18-11(8-25-28(18)10-4-5-10)20(29)27-7-6-13-16(24-9-23-13)17(27)19-26-15-12(22)2-1-3-14(15)30-19/h1-3,8-10,17H,4-7H2,(H,23,24). The molecule has 1 saturated carbocycles. The van der Waals surface area contributed by atoms with Gasteiger partial charge < -0.3 is 9.88 Å². The van der Waals surface area contributed by atoms with Crippen LogP contribution in [0.1, 0.15) is 51.7 Å². The first-order valence-electron chi connectivity index (χ1n) is 9.73. The van der Waals surface area contributed by atoms with Gasteiger partial charge in [0, 0.05) is 18.7 Å². The molecule has 0 spiro atoms. The van der Waals surface area contributed by atoms with E-state index >= 15 is 0 Å². The van der Waals surface area contributed by atoms with Gasteiger partial charge in [0.15, 0.2) is 0 Å². The third-order valence-electron chi connectivity index (χ3n) is 5.66. The topological polar surface area (TPSA) is 79.7 Å². The quantitative estimate of drug-likeness (QED) is 0.517. The summed E-state index contributed by atoms with van der Waals surface area (Å²) in [4.78, 5) is 27.4. The molecule has 0 saturated heterocycles. The first-order valence-corrected chi connectivity index (χ1v) is 10.9. The fourth-order valence-corrected chi connectivity index (χ4v) is 5.42. The van der Waals surface area contributed by atoms with E-state index in [1.54, 1.807) is 22.0 Å². The zero-order valence-corrected chi connectivity index (χ0v) is 17.3. The van der Waals surface area contributed by atoms with Crippen molar-refractivity contribution in [2.45, 2.75) is 31.3 Å².